The monoisotopic (exact) mass is 284 g/mol. The van der Waals surface area contributed by atoms with E-state index in [2.05, 4.69) is 4.98 Å². The van der Waals surface area contributed by atoms with Gasteiger partial charge in [0.2, 0.25) is 0 Å². The average Bonchev–Trinajstić information content (AvgIpc) is 2.37. The van der Waals surface area contributed by atoms with Crippen LogP contribution in [0.5, 0.6) is 0 Å². The molecule has 0 radical (unpaired) electrons. The van der Waals surface area contributed by atoms with Crippen molar-refractivity contribution in [2.45, 2.75) is 6.18 Å². The number of benzene rings is 1. The summed E-state index contributed by atoms with van der Waals surface area (Å²) in [6.07, 6.45) is -2.27. The second kappa shape index (κ2) is 4.92. The molecule has 0 spiro atoms. The molecular formula is C13H8F4N2O. The molecule has 104 valence electrons. The van der Waals surface area contributed by atoms with E-state index in [1.807, 2.05) is 0 Å². The highest BCUT2D eigenvalue weighted by atomic mass is 19.4. The lowest BCUT2D eigenvalue weighted by atomic mass is 10.0. The number of anilines is 1. The maximum atomic E-state index is 13.6. The summed E-state index contributed by atoms with van der Waals surface area (Å²) in [5.41, 5.74) is 3.59. The third kappa shape index (κ3) is 2.61. The van der Waals surface area contributed by atoms with E-state index in [4.69, 9.17) is 5.73 Å². The first-order chi connectivity index (χ1) is 9.30. The molecule has 1 aromatic carbocycles. The molecule has 0 amide bonds. The Balaban J connectivity index is 2.53. The van der Waals surface area contributed by atoms with Crippen LogP contribution in [0.1, 0.15) is 21.5 Å². The number of carbonyl (C=O) groups excluding carboxylic acids is 1. The average molecular weight is 284 g/mol. The molecule has 3 nitrogen and oxygen atoms in total. The second-order valence-electron chi connectivity index (χ2n) is 3.98. The van der Waals surface area contributed by atoms with Gasteiger partial charge in [0, 0.05) is 18.1 Å². The second-order valence-corrected chi connectivity index (χ2v) is 3.98. The molecule has 0 saturated heterocycles. The van der Waals surface area contributed by atoms with E-state index >= 15 is 0 Å². The van der Waals surface area contributed by atoms with Gasteiger partial charge in [0.15, 0.2) is 5.78 Å². The smallest absolute Gasteiger partial charge is 0.398 e. The zero-order valence-electron chi connectivity index (χ0n) is 9.91. The molecule has 0 atom stereocenters. The molecule has 7 heteroatoms. The number of alkyl halides is 3. The molecule has 20 heavy (non-hydrogen) atoms. The Kier molecular flexibility index (Phi) is 3.44. The molecule has 0 unspecified atom stereocenters. The maximum absolute atomic E-state index is 13.6. The van der Waals surface area contributed by atoms with Gasteiger partial charge in [-0.2, -0.15) is 13.2 Å². The molecule has 0 aliphatic carbocycles. The number of carbonyl (C=O) groups is 1. The van der Waals surface area contributed by atoms with E-state index in [1.165, 1.54) is 12.3 Å². The summed E-state index contributed by atoms with van der Waals surface area (Å²) in [4.78, 5) is 15.7. The summed E-state index contributed by atoms with van der Waals surface area (Å²) in [6.45, 7) is 0. The van der Waals surface area contributed by atoms with Crippen molar-refractivity contribution in [3.8, 4) is 0 Å². The van der Waals surface area contributed by atoms with Crippen molar-refractivity contribution in [3.05, 3.63) is 59.2 Å². The number of ketones is 1. The molecular weight excluding hydrogens is 276 g/mol. The minimum atomic E-state index is -4.66. The molecule has 0 saturated carbocycles. The van der Waals surface area contributed by atoms with Gasteiger partial charge in [-0.25, -0.2) is 4.39 Å². The molecule has 0 fully saturated rings. The molecule has 0 bridgehead atoms. The number of nitrogen functional groups attached to an aromatic ring is 1. The predicted octanol–water partition coefficient (Wildman–Crippen LogP) is 3.05. The van der Waals surface area contributed by atoms with Gasteiger partial charge in [0.1, 0.15) is 5.82 Å². The van der Waals surface area contributed by atoms with Crippen molar-refractivity contribution in [2.75, 3.05) is 5.73 Å². The zero-order chi connectivity index (χ0) is 14.9. The Morgan fingerprint density at radius 3 is 2.45 bits per heavy atom. The largest absolute Gasteiger partial charge is 0.416 e. The Labute approximate surface area is 111 Å². The fourth-order valence-corrected chi connectivity index (χ4v) is 1.62. The lowest BCUT2D eigenvalue weighted by Crippen LogP contribution is -2.11. The summed E-state index contributed by atoms with van der Waals surface area (Å²) >= 11 is 0. The quantitative estimate of drug-likeness (QED) is 0.681. The van der Waals surface area contributed by atoms with Crippen LogP contribution in [0.15, 0.2) is 36.7 Å². The Bertz CT molecular complexity index is 668. The first-order valence-electron chi connectivity index (χ1n) is 5.41. The summed E-state index contributed by atoms with van der Waals surface area (Å²) in [5.74, 6) is -1.99. The van der Waals surface area contributed by atoms with Gasteiger partial charge in [0.05, 0.1) is 16.7 Å². The predicted molar refractivity (Wildman–Crippen MR) is 63.5 cm³/mol. The molecule has 1 aromatic heterocycles. The summed E-state index contributed by atoms with van der Waals surface area (Å²) in [6, 6.07) is 2.93. The van der Waals surface area contributed by atoms with E-state index in [0.717, 1.165) is 6.20 Å². The highest BCUT2D eigenvalue weighted by Gasteiger charge is 2.32. The van der Waals surface area contributed by atoms with Crippen molar-refractivity contribution >= 4 is 11.5 Å². The number of hydrogen-bond donors (Lipinski definition) is 1. The molecule has 2 aromatic rings. The Hall–Kier alpha value is -2.44. The third-order valence-electron chi connectivity index (χ3n) is 2.64. The molecule has 2 rings (SSSR count). The summed E-state index contributed by atoms with van der Waals surface area (Å²) in [5, 5.41) is 0. The van der Waals surface area contributed by atoms with Gasteiger partial charge in [-0.05, 0) is 24.3 Å². The van der Waals surface area contributed by atoms with Gasteiger partial charge in [-0.15, -0.1) is 0 Å². The van der Waals surface area contributed by atoms with Gasteiger partial charge < -0.3 is 5.73 Å². The fourth-order valence-electron chi connectivity index (χ4n) is 1.62. The standard InChI is InChI=1S/C13H8F4N2O/c14-10-2-1-7(13(15,16)17)5-8(10)12(20)9-6-19-4-3-11(9)18/h1-6H,(H2,18,19). The highest BCUT2D eigenvalue weighted by Crippen LogP contribution is 2.31. The van der Waals surface area contributed by atoms with Gasteiger partial charge in [-0.3, -0.25) is 9.78 Å². The molecule has 2 N–H and O–H groups in total. The summed E-state index contributed by atoms with van der Waals surface area (Å²) < 4.78 is 51.3. The van der Waals surface area contributed by atoms with Crippen LogP contribution in [0.4, 0.5) is 23.2 Å². The first kappa shape index (κ1) is 14.0. The van der Waals surface area contributed by atoms with Crippen molar-refractivity contribution in [2.24, 2.45) is 0 Å². The van der Waals surface area contributed by atoms with Crippen molar-refractivity contribution < 1.29 is 22.4 Å². The lowest BCUT2D eigenvalue weighted by molar-refractivity contribution is -0.137. The van der Waals surface area contributed by atoms with Crippen molar-refractivity contribution in [1.82, 2.24) is 4.98 Å². The van der Waals surface area contributed by atoms with Crippen LogP contribution in [-0.4, -0.2) is 10.8 Å². The SMILES string of the molecule is Nc1ccncc1C(=O)c1cc(C(F)(F)F)ccc1F. The van der Waals surface area contributed by atoms with E-state index in [0.29, 0.717) is 18.2 Å². The van der Waals surface area contributed by atoms with Crippen LogP contribution in [-0.2, 0) is 6.18 Å². The van der Waals surface area contributed by atoms with Crippen molar-refractivity contribution in [1.29, 1.82) is 0 Å². The minimum absolute atomic E-state index is 0.0156. The summed E-state index contributed by atoms with van der Waals surface area (Å²) in [7, 11) is 0. The van der Waals surface area contributed by atoms with E-state index in [1.54, 1.807) is 0 Å². The van der Waals surface area contributed by atoms with Crippen LogP contribution in [0, 0.1) is 5.82 Å². The first-order valence-corrected chi connectivity index (χ1v) is 5.41. The zero-order valence-corrected chi connectivity index (χ0v) is 9.91. The number of nitrogens with zero attached hydrogens (tertiary/aromatic N) is 1. The van der Waals surface area contributed by atoms with Crippen LogP contribution >= 0.6 is 0 Å². The topological polar surface area (TPSA) is 56.0 Å². The van der Waals surface area contributed by atoms with E-state index in [9.17, 15) is 22.4 Å². The Morgan fingerprint density at radius 1 is 1.15 bits per heavy atom. The maximum Gasteiger partial charge on any atom is 0.416 e. The molecule has 0 aliphatic rings. The van der Waals surface area contributed by atoms with Gasteiger partial charge in [0.25, 0.3) is 0 Å². The van der Waals surface area contributed by atoms with Crippen LogP contribution in [0.2, 0.25) is 0 Å². The normalized spacial score (nSPS) is 11.4. The molecule has 0 aliphatic heterocycles. The number of aromatic nitrogens is 1. The van der Waals surface area contributed by atoms with E-state index in [-0.39, 0.29) is 11.3 Å². The van der Waals surface area contributed by atoms with Crippen molar-refractivity contribution in [3.63, 3.8) is 0 Å². The number of pyridine rings is 1. The van der Waals surface area contributed by atoms with Crippen LogP contribution in [0.25, 0.3) is 0 Å². The Morgan fingerprint density at radius 2 is 1.85 bits per heavy atom. The van der Waals surface area contributed by atoms with Crippen LogP contribution < -0.4 is 5.73 Å². The fraction of sp³-hybridized carbons (Fsp3) is 0.0769. The number of rotatable bonds is 2. The number of nitrogens with two attached hydrogens (primary N) is 1. The molecule has 1 heterocycles. The van der Waals surface area contributed by atoms with Crippen LogP contribution in [0.3, 0.4) is 0 Å². The number of hydrogen-bond acceptors (Lipinski definition) is 3. The van der Waals surface area contributed by atoms with Gasteiger partial charge >= 0.3 is 6.18 Å². The minimum Gasteiger partial charge on any atom is -0.398 e. The third-order valence-corrected chi connectivity index (χ3v) is 2.64. The highest BCUT2D eigenvalue weighted by molar-refractivity contribution is 6.12. The van der Waals surface area contributed by atoms with Gasteiger partial charge in [-0.1, -0.05) is 0 Å². The lowest BCUT2D eigenvalue weighted by Gasteiger charge is -2.10. The number of halogens is 4. The van der Waals surface area contributed by atoms with E-state index < -0.39 is 28.9 Å².